The number of hydrogen-bond donors (Lipinski definition) is 2. The number of amides is 1. The number of hydrogen-bond acceptors (Lipinski definition) is 2. The highest BCUT2D eigenvalue weighted by molar-refractivity contribution is 5.46. The van der Waals surface area contributed by atoms with Crippen molar-refractivity contribution >= 4 is 6.41 Å². The summed E-state index contributed by atoms with van der Waals surface area (Å²) in [5, 5.41) is 6.47. The van der Waals surface area contributed by atoms with Crippen LogP contribution < -0.4 is 10.6 Å². The first-order valence-electron chi connectivity index (χ1n) is 5.48. The fourth-order valence-electron chi connectivity index (χ4n) is 2.18. The lowest BCUT2D eigenvalue weighted by atomic mass is 9.89. The smallest absolute Gasteiger partial charge is 0.207 e. The summed E-state index contributed by atoms with van der Waals surface area (Å²) in [6.07, 6.45) is 5.45. The van der Waals surface area contributed by atoms with Crippen molar-refractivity contribution in [3.8, 4) is 0 Å². The molecule has 1 aliphatic carbocycles. The summed E-state index contributed by atoms with van der Waals surface area (Å²) in [5.41, 5.74) is 0.174. The molecule has 0 aromatic heterocycles. The van der Waals surface area contributed by atoms with Gasteiger partial charge in [-0.15, -0.1) is 0 Å². The van der Waals surface area contributed by atoms with Gasteiger partial charge in [-0.3, -0.25) is 4.79 Å². The third-order valence-corrected chi connectivity index (χ3v) is 2.62. The molecule has 0 radical (unpaired) electrons. The molecule has 0 bridgehead atoms. The molecule has 0 aromatic rings. The Labute approximate surface area is 86.6 Å². The third kappa shape index (κ3) is 4.09. The standard InChI is InChI=1S/C11H22N2O/c1-11(2,3)13-10-6-4-5-9(7-10)12-8-14/h8-10,13H,4-7H2,1-3H3,(H,12,14). The zero-order valence-electron chi connectivity index (χ0n) is 9.47. The molecule has 2 N–H and O–H groups in total. The molecule has 14 heavy (non-hydrogen) atoms. The van der Waals surface area contributed by atoms with Gasteiger partial charge in [-0.1, -0.05) is 0 Å². The summed E-state index contributed by atoms with van der Waals surface area (Å²) < 4.78 is 0. The minimum atomic E-state index is 0.174. The van der Waals surface area contributed by atoms with Crippen LogP contribution in [0.15, 0.2) is 0 Å². The number of carbonyl (C=O) groups excluding carboxylic acids is 1. The predicted molar refractivity (Wildman–Crippen MR) is 58.1 cm³/mol. The van der Waals surface area contributed by atoms with Gasteiger partial charge in [0, 0.05) is 17.6 Å². The Hall–Kier alpha value is -0.570. The second-order valence-corrected chi connectivity index (χ2v) is 5.24. The SMILES string of the molecule is CC(C)(C)NC1CCCC(NC=O)C1. The molecular weight excluding hydrogens is 176 g/mol. The Morgan fingerprint density at radius 1 is 1.21 bits per heavy atom. The highest BCUT2D eigenvalue weighted by atomic mass is 16.1. The maximum absolute atomic E-state index is 10.3. The minimum absolute atomic E-state index is 0.174. The normalized spacial score (nSPS) is 28.5. The van der Waals surface area contributed by atoms with E-state index in [9.17, 15) is 4.79 Å². The Balaban J connectivity index is 2.36. The summed E-state index contributed by atoms with van der Waals surface area (Å²) in [4.78, 5) is 10.3. The Morgan fingerprint density at radius 2 is 1.86 bits per heavy atom. The molecule has 1 amide bonds. The predicted octanol–water partition coefficient (Wildman–Crippen LogP) is 1.43. The van der Waals surface area contributed by atoms with Crippen molar-refractivity contribution in [3.05, 3.63) is 0 Å². The molecule has 82 valence electrons. The lowest BCUT2D eigenvalue weighted by Crippen LogP contribution is -2.48. The van der Waals surface area contributed by atoms with E-state index in [1.807, 2.05) is 0 Å². The monoisotopic (exact) mass is 198 g/mol. The molecule has 0 heterocycles. The van der Waals surface area contributed by atoms with Crippen LogP contribution in [0.4, 0.5) is 0 Å². The quantitative estimate of drug-likeness (QED) is 0.674. The number of nitrogens with one attached hydrogen (secondary N) is 2. The molecule has 1 fully saturated rings. The molecule has 3 heteroatoms. The van der Waals surface area contributed by atoms with E-state index in [4.69, 9.17) is 0 Å². The molecule has 0 saturated heterocycles. The first kappa shape index (κ1) is 11.5. The van der Waals surface area contributed by atoms with Crippen LogP contribution in [0.1, 0.15) is 46.5 Å². The molecule has 0 aromatic carbocycles. The van der Waals surface area contributed by atoms with Crippen LogP contribution in [0.5, 0.6) is 0 Å². The van der Waals surface area contributed by atoms with E-state index in [2.05, 4.69) is 31.4 Å². The summed E-state index contributed by atoms with van der Waals surface area (Å²) in [6.45, 7) is 6.55. The van der Waals surface area contributed by atoms with Gasteiger partial charge in [0.1, 0.15) is 0 Å². The molecule has 3 nitrogen and oxygen atoms in total. The van der Waals surface area contributed by atoms with Crippen molar-refractivity contribution in [3.63, 3.8) is 0 Å². The fraction of sp³-hybridized carbons (Fsp3) is 0.909. The Morgan fingerprint density at radius 3 is 2.43 bits per heavy atom. The van der Waals surface area contributed by atoms with E-state index >= 15 is 0 Å². The van der Waals surface area contributed by atoms with Crippen molar-refractivity contribution in [1.82, 2.24) is 10.6 Å². The van der Waals surface area contributed by atoms with Gasteiger partial charge in [0.15, 0.2) is 0 Å². The number of rotatable bonds is 3. The van der Waals surface area contributed by atoms with Gasteiger partial charge in [-0.25, -0.2) is 0 Å². The summed E-state index contributed by atoms with van der Waals surface area (Å²) >= 11 is 0. The van der Waals surface area contributed by atoms with Crippen LogP contribution in [0.3, 0.4) is 0 Å². The summed E-state index contributed by atoms with van der Waals surface area (Å²) in [5.74, 6) is 0. The van der Waals surface area contributed by atoms with Crippen molar-refractivity contribution in [2.24, 2.45) is 0 Å². The Bertz CT molecular complexity index is 186. The largest absolute Gasteiger partial charge is 0.356 e. The van der Waals surface area contributed by atoms with E-state index < -0.39 is 0 Å². The maximum atomic E-state index is 10.3. The molecule has 2 atom stereocenters. The van der Waals surface area contributed by atoms with E-state index in [0.29, 0.717) is 12.1 Å². The Kier molecular flexibility index (Phi) is 3.93. The van der Waals surface area contributed by atoms with E-state index in [1.54, 1.807) is 0 Å². The van der Waals surface area contributed by atoms with Crippen molar-refractivity contribution in [2.75, 3.05) is 0 Å². The molecule has 1 saturated carbocycles. The van der Waals surface area contributed by atoms with Gasteiger partial charge in [0.05, 0.1) is 0 Å². The van der Waals surface area contributed by atoms with Crippen molar-refractivity contribution in [2.45, 2.75) is 64.1 Å². The van der Waals surface area contributed by atoms with Crippen LogP contribution in [0.2, 0.25) is 0 Å². The van der Waals surface area contributed by atoms with Gasteiger partial charge >= 0.3 is 0 Å². The average Bonchev–Trinajstić information content (AvgIpc) is 2.02. The fourth-order valence-corrected chi connectivity index (χ4v) is 2.18. The number of carbonyl (C=O) groups is 1. The van der Waals surface area contributed by atoms with Crippen molar-refractivity contribution < 1.29 is 4.79 Å². The minimum Gasteiger partial charge on any atom is -0.356 e. The third-order valence-electron chi connectivity index (χ3n) is 2.62. The lowest BCUT2D eigenvalue weighted by molar-refractivity contribution is -0.110. The van der Waals surface area contributed by atoms with E-state index in [1.165, 1.54) is 12.8 Å². The van der Waals surface area contributed by atoms with Gasteiger partial charge in [0.25, 0.3) is 0 Å². The van der Waals surface area contributed by atoms with Gasteiger partial charge in [0.2, 0.25) is 6.41 Å². The van der Waals surface area contributed by atoms with Gasteiger partial charge in [-0.05, 0) is 46.5 Å². The van der Waals surface area contributed by atoms with Gasteiger partial charge < -0.3 is 10.6 Å². The maximum Gasteiger partial charge on any atom is 0.207 e. The lowest BCUT2D eigenvalue weighted by Gasteiger charge is -2.34. The first-order chi connectivity index (χ1) is 6.51. The second-order valence-electron chi connectivity index (χ2n) is 5.24. The summed E-state index contributed by atoms with van der Waals surface area (Å²) in [7, 11) is 0. The van der Waals surface area contributed by atoms with Crippen LogP contribution in [-0.2, 0) is 4.79 Å². The van der Waals surface area contributed by atoms with E-state index in [0.717, 1.165) is 19.3 Å². The summed E-state index contributed by atoms with van der Waals surface area (Å²) in [6, 6.07) is 0.933. The highest BCUT2D eigenvalue weighted by Gasteiger charge is 2.24. The van der Waals surface area contributed by atoms with Gasteiger partial charge in [-0.2, -0.15) is 0 Å². The first-order valence-corrected chi connectivity index (χ1v) is 5.48. The molecule has 1 rings (SSSR count). The topological polar surface area (TPSA) is 41.1 Å². The molecule has 0 aliphatic heterocycles. The molecular formula is C11H22N2O. The molecule has 0 spiro atoms. The van der Waals surface area contributed by atoms with E-state index in [-0.39, 0.29) is 5.54 Å². The van der Waals surface area contributed by atoms with Crippen molar-refractivity contribution in [1.29, 1.82) is 0 Å². The van der Waals surface area contributed by atoms with Crippen LogP contribution in [0, 0.1) is 0 Å². The second kappa shape index (κ2) is 4.78. The highest BCUT2D eigenvalue weighted by Crippen LogP contribution is 2.20. The zero-order chi connectivity index (χ0) is 10.6. The van der Waals surface area contributed by atoms with Crippen LogP contribution in [-0.4, -0.2) is 24.0 Å². The van der Waals surface area contributed by atoms with Crippen LogP contribution >= 0.6 is 0 Å². The molecule has 1 aliphatic rings. The zero-order valence-corrected chi connectivity index (χ0v) is 9.47. The average molecular weight is 198 g/mol. The van der Waals surface area contributed by atoms with Crippen LogP contribution in [0.25, 0.3) is 0 Å². The molecule has 2 unspecified atom stereocenters.